The molecule has 1 N–H and O–H groups in total. The van der Waals surface area contributed by atoms with E-state index in [1.54, 1.807) is 43.3 Å². The van der Waals surface area contributed by atoms with E-state index < -0.39 is 28.5 Å². The van der Waals surface area contributed by atoms with Crippen LogP contribution in [0.25, 0.3) is 0 Å². The molecule has 0 aliphatic carbocycles. The molecule has 0 bridgehead atoms. The molecule has 7 nitrogen and oxygen atoms in total. The first kappa shape index (κ1) is 29.4. The summed E-state index contributed by atoms with van der Waals surface area (Å²) in [4.78, 5) is 28.3. The summed E-state index contributed by atoms with van der Waals surface area (Å²) >= 11 is 3.38. The van der Waals surface area contributed by atoms with Crippen LogP contribution in [0.4, 0.5) is 5.69 Å². The normalized spacial score (nSPS) is 12.0. The van der Waals surface area contributed by atoms with Gasteiger partial charge in [0.05, 0.1) is 10.6 Å². The van der Waals surface area contributed by atoms with E-state index in [2.05, 4.69) is 21.2 Å². The van der Waals surface area contributed by atoms with Gasteiger partial charge in [-0.05, 0) is 69.2 Å². The molecule has 0 heterocycles. The highest BCUT2D eigenvalue weighted by molar-refractivity contribution is 9.10. The molecule has 0 unspecified atom stereocenters. The molecule has 2 amide bonds. The van der Waals surface area contributed by atoms with Crippen molar-refractivity contribution in [1.29, 1.82) is 0 Å². The molecule has 0 fully saturated rings. The Morgan fingerprint density at radius 1 is 0.947 bits per heavy atom. The fraction of sp³-hybridized carbons (Fsp3) is 0.310. The van der Waals surface area contributed by atoms with Crippen molar-refractivity contribution >= 4 is 43.5 Å². The number of sulfonamides is 1. The number of anilines is 1. The van der Waals surface area contributed by atoms with E-state index in [0.29, 0.717) is 12.2 Å². The van der Waals surface area contributed by atoms with Gasteiger partial charge in [-0.3, -0.25) is 13.9 Å². The monoisotopic (exact) mass is 599 g/mol. The van der Waals surface area contributed by atoms with Crippen molar-refractivity contribution in [2.24, 2.45) is 0 Å². The summed E-state index contributed by atoms with van der Waals surface area (Å²) in [7, 11) is -4.08. The average molecular weight is 601 g/mol. The first-order valence-electron chi connectivity index (χ1n) is 12.5. The molecule has 3 aromatic carbocycles. The van der Waals surface area contributed by atoms with E-state index in [0.717, 1.165) is 31.9 Å². The molecule has 0 aromatic heterocycles. The van der Waals surface area contributed by atoms with Crippen molar-refractivity contribution in [1.82, 2.24) is 10.2 Å². The van der Waals surface area contributed by atoms with Crippen LogP contribution < -0.4 is 9.62 Å². The number of rotatable bonds is 11. The number of amides is 2. The zero-order chi connectivity index (χ0) is 27.9. The van der Waals surface area contributed by atoms with Crippen molar-refractivity contribution in [3.05, 3.63) is 94.0 Å². The van der Waals surface area contributed by atoms with E-state index in [9.17, 15) is 18.0 Å². The zero-order valence-corrected chi connectivity index (χ0v) is 24.6. The first-order valence-corrected chi connectivity index (χ1v) is 14.7. The number of aryl methyl sites for hydroxylation is 2. The molecule has 0 saturated carbocycles. The maximum atomic E-state index is 13.9. The SMILES string of the molecule is CCCNC(=O)[C@H](C)N(Cc1cccc(C)c1)C(=O)CN(c1ccc(Br)cc1)S(=O)(=O)c1ccc(C)cc1. The Morgan fingerprint density at radius 2 is 1.61 bits per heavy atom. The number of hydrogen-bond acceptors (Lipinski definition) is 4. The fourth-order valence-electron chi connectivity index (χ4n) is 3.96. The predicted octanol–water partition coefficient (Wildman–Crippen LogP) is 5.20. The molecule has 38 heavy (non-hydrogen) atoms. The molecule has 3 rings (SSSR count). The molecular weight excluding hydrogens is 566 g/mol. The van der Waals surface area contributed by atoms with Crippen LogP contribution in [0.3, 0.4) is 0 Å². The van der Waals surface area contributed by atoms with Gasteiger partial charge >= 0.3 is 0 Å². The van der Waals surface area contributed by atoms with Gasteiger partial charge in [0.1, 0.15) is 12.6 Å². The second-order valence-corrected chi connectivity index (χ2v) is 12.1. The third-order valence-corrected chi connectivity index (χ3v) is 8.47. The van der Waals surface area contributed by atoms with Crippen molar-refractivity contribution in [2.75, 3.05) is 17.4 Å². The van der Waals surface area contributed by atoms with Gasteiger partial charge in [-0.15, -0.1) is 0 Å². The van der Waals surface area contributed by atoms with Gasteiger partial charge in [0.25, 0.3) is 10.0 Å². The van der Waals surface area contributed by atoms with Crippen LogP contribution >= 0.6 is 15.9 Å². The van der Waals surface area contributed by atoms with Crippen LogP contribution in [0.1, 0.15) is 37.0 Å². The molecule has 0 aliphatic heterocycles. The number of nitrogens with one attached hydrogen (secondary N) is 1. The lowest BCUT2D eigenvalue weighted by molar-refractivity contribution is -0.139. The van der Waals surface area contributed by atoms with Crippen LogP contribution in [0, 0.1) is 13.8 Å². The van der Waals surface area contributed by atoms with Gasteiger partial charge in [-0.1, -0.05) is 70.4 Å². The Bertz CT molecular complexity index is 1360. The average Bonchev–Trinajstić information content (AvgIpc) is 2.89. The molecule has 9 heteroatoms. The minimum Gasteiger partial charge on any atom is -0.354 e. The Kier molecular flexibility index (Phi) is 10.1. The van der Waals surface area contributed by atoms with E-state index in [1.807, 2.05) is 45.0 Å². The summed E-state index contributed by atoms with van der Waals surface area (Å²) in [6, 6.07) is 20.1. The molecule has 0 spiro atoms. The Labute approximate surface area is 234 Å². The minimum atomic E-state index is -4.08. The second kappa shape index (κ2) is 13.1. The number of hydrogen-bond donors (Lipinski definition) is 1. The predicted molar refractivity (Wildman–Crippen MR) is 154 cm³/mol. The summed E-state index contributed by atoms with van der Waals surface area (Å²) in [6.07, 6.45) is 0.760. The van der Waals surface area contributed by atoms with Gasteiger partial charge in [0, 0.05) is 17.6 Å². The van der Waals surface area contributed by atoms with E-state index in [-0.39, 0.29) is 17.3 Å². The third-order valence-electron chi connectivity index (χ3n) is 6.15. The lowest BCUT2D eigenvalue weighted by atomic mass is 10.1. The summed E-state index contributed by atoms with van der Waals surface area (Å²) in [5.74, 6) is -0.770. The number of benzene rings is 3. The topological polar surface area (TPSA) is 86.8 Å². The fourth-order valence-corrected chi connectivity index (χ4v) is 5.64. The Balaban J connectivity index is 2.01. The van der Waals surface area contributed by atoms with E-state index >= 15 is 0 Å². The van der Waals surface area contributed by atoms with Crippen molar-refractivity contribution in [3.8, 4) is 0 Å². The standard InChI is InChI=1S/C29H34BrN3O4S/c1-5-17-31-29(35)23(4)32(19-24-8-6-7-22(3)18-24)28(34)20-33(26-13-11-25(30)12-14-26)38(36,37)27-15-9-21(2)10-16-27/h6-16,18,23H,5,17,19-20H2,1-4H3,(H,31,35)/t23-/m0/s1. The Morgan fingerprint density at radius 3 is 2.21 bits per heavy atom. The Hall–Kier alpha value is -3.17. The number of carbonyl (C=O) groups is 2. The molecule has 202 valence electrons. The highest BCUT2D eigenvalue weighted by atomic mass is 79.9. The first-order chi connectivity index (χ1) is 18.0. The highest BCUT2D eigenvalue weighted by Crippen LogP contribution is 2.26. The molecule has 0 aliphatic rings. The smallest absolute Gasteiger partial charge is 0.264 e. The van der Waals surface area contributed by atoms with E-state index in [4.69, 9.17) is 0 Å². The maximum Gasteiger partial charge on any atom is 0.264 e. The molecule has 3 aromatic rings. The third kappa shape index (κ3) is 7.45. The minimum absolute atomic E-state index is 0.0813. The zero-order valence-electron chi connectivity index (χ0n) is 22.1. The maximum absolute atomic E-state index is 13.9. The number of carbonyl (C=O) groups excluding carboxylic acids is 2. The van der Waals surface area contributed by atoms with E-state index in [1.165, 1.54) is 17.0 Å². The molecule has 1 atom stereocenters. The molecular formula is C29H34BrN3O4S. The van der Waals surface area contributed by atoms with Crippen LogP contribution in [-0.4, -0.2) is 44.3 Å². The summed E-state index contributed by atoms with van der Waals surface area (Å²) in [5, 5.41) is 2.85. The van der Waals surface area contributed by atoms with Crippen molar-refractivity contribution < 1.29 is 18.0 Å². The summed E-state index contributed by atoms with van der Waals surface area (Å²) < 4.78 is 29.5. The van der Waals surface area contributed by atoms with Gasteiger partial charge < -0.3 is 10.2 Å². The van der Waals surface area contributed by atoms with Crippen molar-refractivity contribution in [2.45, 2.75) is 51.6 Å². The highest BCUT2D eigenvalue weighted by Gasteiger charge is 2.32. The number of halogens is 1. The second-order valence-electron chi connectivity index (χ2n) is 9.28. The quantitative estimate of drug-likeness (QED) is 0.328. The van der Waals surface area contributed by atoms with Gasteiger partial charge in [0.2, 0.25) is 11.8 Å². The summed E-state index contributed by atoms with van der Waals surface area (Å²) in [6.45, 7) is 7.64. The number of nitrogens with zero attached hydrogens (tertiary/aromatic N) is 2. The summed E-state index contributed by atoms with van der Waals surface area (Å²) in [5.41, 5.74) is 3.15. The largest absolute Gasteiger partial charge is 0.354 e. The van der Waals surface area contributed by atoms with Gasteiger partial charge in [-0.2, -0.15) is 0 Å². The lowest BCUT2D eigenvalue weighted by Crippen LogP contribution is -2.51. The van der Waals surface area contributed by atoms with Crippen molar-refractivity contribution in [3.63, 3.8) is 0 Å². The molecule has 0 saturated heterocycles. The van der Waals surface area contributed by atoms with Crippen LogP contribution in [-0.2, 0) is 26.2 Å². The van der Waals surface area contributed by atoms with Gasteiger partial charge in [0.15, 0.2) is 0 Å². The van der Waals surface area contributed by atoms with Gasteiger partial charge in [-0.25, -0.2) is 8.42 Å². The van der Waals surface area contributed by atoms with Crippen LogP contribution in [0.2, 0.25) is 0 Å². The van der Waals surface area contributed by atoms with Crippen LogP contribution in [0.15, 0.2) is 82.2 Å². The lowest BCUT2D eigenvalue weighted by Gasteiger charge is -2.32. The van der Waals surface area contributed by atoms with Crippen LogP contribution in [0.5, 0.6) is 0 Å². The molecule has 0 radical (unpaired) electrons.